The molecule has 2 fully saturated rings. The van der Waals surface area contributed by atoms with Crippen LogP contribution < -0.4 is 5.32 Å². The maximum atomic E-state index is 13.6. The molecule has 0 aliphatic carbocycles. The third-order valence-electron chi connectivity index (χ3n) is 6.20. The molecule has 2 saturated heterocycles. The standard InChI is InChI=1S/C28H24N2O4S2/c1-17-18(2)36-27-23(29-22(31)16-21-14-9-15-35-21)26(32)30(27)24(17)28(33)34-25(19-10-5-3-6-11-19)20-12-7-4-8-13-20/h3-15,23-25,27H,1-2,16H2,(H,29,31)/t23?,24?,27-/m1/s1. The summed E-state index contributed by atoms with van der Waals surface area (Å²) < 4.78 is 6.04. The van der Waals surface area contributed by atoms with Crippen molar-refractivity contribution in [2.45, 2.75) is 30.0 Å². The van der Waals surface area contributed by atoms with Crippen molar-refractivity contribution in [1.29, 1.82) is 0 Å². The molecule has 2 aliphatic rings. The number of ether oxygens (including phenoxy) is 1. The zero-order valence-corrected chi connectivity index (χ0v) is 21.0. The van der Waals surface area contributed by atoms with Crippen molar-refractivity contribution in [1.82, 2.24) is 10.2 Å². The summed E-state index contributed by atoms with van der Waals surface area (Å²) >= 11 is 2.82. The summed E-state index contributed by atoms with van der Waals surface area (Å²) in [5, 5.41) is 4.27. The molecule has 2 aliphatic heterocycles. The number of fused-ring (bicyclic) bond motifs is 1. The van der Waals surface area contributed by atoms with Crippen molar-refractivity contribution in [2.24, 2.45) is 0 Å². The van der Waals surface area contributed by atoms with E-state index in [-0.39, 0.29) is 18.2 Å². The van der Waals surface area contributed by atoms with E-state index in [0.717, 1.165) is 16.0 Å². The first-order valence-electron chi connectivity index (χ1n) is 11.4. The second-order valence-corrected chi connectivity index (χ2v) is 10.8. The van der Waals surface area contributed by atoms with Crippen LogP contribution in [-0.4, -0.2) is 40.1 Å². The molecule has 1 aromatic heterocycles. The molecular weight excluding hydrogens is 492 g/mol. The molecule has 0 radical (unpaired) electrons. The Morgan fingerprint density at radius 1 is 0.972 bits per heavy atom. The molecule has 2 unspecified atom stereocenters. The highest BCUT2D eigenvalue weighted by Gasteiger charge is 2.57. The fourth-order valence-corrected chi connectivity index (χ4v) is 6.29. The van der Waals surface area contributed by atoms with Crippen LogP contribution in [0.2, 0.25) is 0 Å². The first kappa shape index (κ1) is 24.1. The Balaban J connectivity index is 1.35. The lowest BCUT2D eigenvalue weighted by Gasteiger charge is -2.53. The van der Waals surface area contributed by atoms with Gasteiger partial charge in [-0.15, -0.1) is 11.3 Å². The van der Waals surface area contributed by atoms with E-state index in [2.05, 4.69) is 18.5 Å². The van der Waals surface area contributed by atoms with Gasteiger partial charge in [0.2, 0.25) is 11.8 Å². The summed E-state index contributed by atoms with van der Waals surface area (Å²) in [6.45, 7) is 8.09. The van der Waals surface area contributed by atoms with E-state index in [9.17, 15) is 14.4 Å². The predicted octanol–water partition coefficient (Wildman–Crippen LogP) is 4.46. The van der Waals surface area contributed by atoms with Crippen LogP contribution in [0.4, 0.5) is 0 Å². The molecule has 2 aromatic carbocycles. The Bertz CT molecular complexity index is 1270. The summed E-state index contributed by atoms with van der Waals surface area (Å²) in [6.07, 6.45) is -0.444. The number of carbonyl (C=O) groups excluding carboxylic acids is 3. The van der Waals surface area contributed by atoms with Crippen molar-refractivity contribution in [3.05, 3.63) is 118 Å². The molecule has 0 bridgehead atoms. The summed E-state index contributed by atoms with van der Waals surface area (Å²) in [5.74, 6) is -1.15. The number of esters is 1. The van der Waals surface area contributed by atoms with Crippen molar-refractivity contribution >= 4 is 40.9 Å². The van der Waals surface area contributed by atoms with Gasteiger partial charge < -0.3 is 15.0 Å². The van der Waals surface area contributed by atoms with E-state index in [1.54, 1.807) is 0 Å². The fraction of sp³-hybridized carbons (Fsp3) is 0.179. The van der Waals surface area contributed by atoms with Crippen molar-refractivity contribution in [2.75, 3.05) is 0 Å². The van der Waals surface area contributed by atoms with Crippen LogP contribution in [-0.2, 0) is 25.5 Å². The Labute approximate surface area is 217 Å². The van der Waals surface area contributed by atoms with E-state index >= 15 is 0 Å². The van der Waals surface area contributed by atoms with Gasteiger partial charge in [0.25, 0.3) is 0 Å². The van der Waals surface area contributed by atoms with Crippen molar-refractivity contribution in [3.8, 4) is 0 Å². The minimum atomic E-state index is -1.00. The van der Waals surface area contributed by atoms with Gasteiger partial charge in [0.15, 0.2) is 12.1 Å². The number of β-lactam (4-membered cyclic amide) rings is 1. The van der Waals surface area contributed by atoms with E-state index in [0.29, 0.717) is 10.5 Å². The number of hydrogen-bond donors (Lipinski definition) is 1. The quantitative estimate of drug-likeness (QED) is 0.371. The molecule has 36 heavy (non-hydrogen) atoms. The predicted molar refractivity (Wildman–Crippen MR) is 141 cm³/mol. The second kappa shape index (κ2) is 10.2. The molecule has 1 N–H and O–H groups in total. The summed E-state index contributed by atoms with van der Waals surface area (Å²) in [5.41, 5.74) is 2.06. The lowest BCUT2D eigenvalue weighted by molar-refractivity contribution is -0.165. The lowest BCUT2D eigenvalue weighted by atomic mass is 9.96. The van der Waals surface area contributed by atoms with Crippen LogP contribution in [0, 0.1) is 0 Å². The van der Waals surface area contributed by atoms with Gasteiger partial charge in [-0.25, -0.2) is 4.79 Å². The molecule has 8 heteroatoms. The van der Waals surface area contributed by atoms with Crippen LogP contribution in [0.15, 0.2) is 102 Å². The highest BCUT2D eigenvalue weighted by atomic mass is 32.2. The molecule has 182 valence electrons. The molecular formula is C28H24N2O4S2. The fourth-order valence-electron chi connectivity index (χ4n) is 4.38. The summed E-state index contributed by atoms with van der Waals surface area (Å²) in [7, 11) is 0. The first-order valence-corrected chi connectivity index (χ1v) is 13.2. The van der Waals surface area contributed by atoms with Gasteiger partial charge in [-0.3, -0.25) is 9.59 Å². The summed E-state index contributed by atoms with van der Waals surface area (Å²) in [6, 6.07) is 20.9. The largest absolute Gasteiger partial charge is 0.451 e. The van der Waals surface area contributed by atoms with E-state index in [1.807, 2.05) is 78.2 Å². The van der Waals surface area contributed by atoms with Gasteiger partial charge in [-0.1, -0.05) is 91.6 Å². The topological polar surface area (TPSA) is 75.7 Å². The third kappa shape index (κ3) is 4.62. The number of benzene rings is 2. The maximum Gasteiger partial charge on any atom is 0.334 e. The highest BCUT2D eigenvalue weighted by Crippen LogP contribution is 2.46. The van der Waals surface area contributed by atoms with Gasteiger partial charge in [-0.05, 0) is 28.1 Å². The van der Waals surface area contributed by atoms with Gasteiger partial charge in [0.05, 0.1) is 6.42 Å². The third-order valence-corrected chi connectivity index (χ3v) is 8.37. The van der Waals surface area contributed by atoms with E-state index in [4.69, 9.17) is 4.74 Å². The van der Waals surface area contributed by atoms with Crippen LogP contribution >= 0.6 is 23.1 Å². The second-order valence-electron chi connectivity index (χ2n) is 8.54. The zero-order chi connectivity index (χ0) is 25.2. The number of thiophene rings is 1. The molecule has 3 aromatic rings. The number of nitrogens with one attached hydrogen (secondary N) is 1. The maximum absolute atomic E-state index is 13.6. The molecule has 6 nitrogen and oxygen atoms in total. The van der Waals surface area contributed by atoms with Gasteiger partial charge in [-0.2, -0.15) is 0 Å². The minimum Gasteiger partial charge on any atom is -0.451 e. The van der Waals surface area contributed by atoms with Crippen molar-refractivity contribution in [3.63, 3.8) is 0 Å². The number of carbonyl (C=O) groups is 3. The van der Waals surface area contributed by atoms with Crippen LogP contribution in [0.25, 0.3) is 0 Å². The number of rotatable bonds is 7. The van der Waals surface area contributed by atoms with Gasteiger partial charge in [0, 0.05) is 9.78 Å². The molecule has 0 saturated carbocycles. The molecule has 3 heterocycles. The normalized spacial score (nSPS) is 21.1. The lowest BCUT2D eigenvalue weighted by Crippen LogP contribution is -2.74. The zero-order valence-electron chi connectivity index (χ0n) is 19.3. The Kier molecular flexibility index (Phi) is 6.80. The van der Waals surface area contributed by atoms with E-state index in [1.165, 1.54) is 28.0 Å². The smallest absolute Gasteiger partial charge is 0.334 e. The monoisotopic (exact) mass is 516 g/mol. The average molecular weight is 517 g/mol. The summed E-state index contributed by atoms with van der Waals surface area (Å²) in [4.78, 5) is 42.2. The number of thioether (sulfide) groups is 1. The number of hydrogen-bond acceptors (Lipinski definition) is 6. The Morgan fingerprint density at radius 3 is 2.19 bits per heavy atom. The highest BCUT2D eigenvalue weighted by molar-refractivity contribution is 8.04. The SMILES string of the molecule is C=C1S[C@@H]2C(NC(=O)Cc3cccs3)C(=O)N2C(C(=O)OC(c2ccccc2)c2ccccc2)C1=C. The average Bonchev–Trinajstić information content (AvgIpc) is 3.41. The molecule has 5 rings (SSSR count). The minimum absolute atomic E-state index is 0.202. The Hall–Kier alpha value is -3.62. The Morgan fingerprint density at radius 2 is 1.61 bits per heavy atom. The first-order chi connectivity index (χ1) is 17.4. The van der Waals surface area contributed by atoms with E-state index < -0.39 is 29.5 Å². The van der Waals surface area contributed by atoms with Crippen molar-refractivity contribution < 1.29 is 19.1 Å². The molecule has 0 spiro atoms. The van der Waals surface area contributed by atoms with Crippen LogP contribution in [0.1, 0.15) is 22.1 Å². The van der Waals surface area contributed by atoms with Gasteiger partial charge in [0.1, 0.15) is 11.4 Å². The number of amides is 2. The van der Waals surface area contributed by atoms with Crippen LogP contribution in [0.5, 0.6) is 0 Å². The molecule has 2 amide bonds. The number of nitrogens with zero attached hydrogens (tertiary/aromatic N) is 1. The van der Waals surface area contributed by atoms with Crippen LogP contribution in [0.3, 0.4) is 0 Å². The van der Waals surface area contributed by atoms with Gasteiger partial charge >= 0.3 is 5.97 Å². The molecule has 3 atom stereocenters.